The number of hydrogen-bond acceptors (Lipinski definition) is 2. The highest BCUT2D eigenvalue weighted by molar-refractivity contribution is 7.10. The molecule has 1 nitrogen and oxygen atoms in total. The molecule has 1 unspecified atom stereocenters. The van der Waals surface area contributed by atoms with Crippen molar-refractivity contribution in [1.29, 1.82) is 0 Å². The van der Waals surface area contributed by atoms with Gasteiger partial charge in [0, 0.05) is 4.88 Å². The maximum absolute atomic E-state index is 6.37. The third-order valence-electron chi connectivity index (χ3n) is 3.16. The van der Waals surface area contributed by atoms with Crippen LogP contribution in [0.15, 0.2) is 35.7 Å². The van der Waals surface area contributed by atoms with Crippen LogP contribution in [0.5, 0.6) is 0 Å². The van der Waals surface area contributed by atoms with Gasteiger partial charge in [-0.25, -0.2) is 0 Å². The van der Waals surface area contributed by atoms with Crippen molar-refractivity contribution >= 4 is 11.3 Å². The molecule has 2 N–H and O–H groups in total. The first-order chi connectivity index (χ1) is 8.26. The zero-order valence-corrected chi connectivity index (χ0v) is 11.3. The molecule has 0 aliphatic rings. The van der Waals surface area contributed by atoms with E-state index >= 15 is 0 Å². The molecule has 1 atom stereocenters. The van der Waals surface area contributed by atoms with Crippen molar-refractivity contribution in [2.24, 2.45) is 5.73 Å². The lowest BCUT2D eigenvalue weighted by Gasteiger charge is -2.13. The third-order valence-corrected chi connectivity index (χ3v) is 4.20. The second kappa shape index (κ2) is 5.48. The van der Waals surface area contributed by atoms with Gasteiger partial charge < -0.3 is 5.73 Å². The molecule has 0 bridgehead atoms. The molecule has 2 aromatic rings. The Morgan fingerprint density at radius 2 is 2.00 bits per heavy atom. The van der Waals surface area contributed by atoms with Gasteiger partial charge in [0.15, 0.2) is 0 Å². The summed E-state index contributed by atoms with van der Waals surface area (Å²) in [6.45, 7) is 4.36. The predicted octanol–water partition coefficient (Wildman–Crippen LogP) is 3.92. The Hall–Kier alpha value is -1.12. The first kappa shape index (κ1) is 12.3. The highest BCUT2D eigenvalue weighted by atomic mass is 32.1. The number of thiophene rings is 1. The van der Waals surface area contributed by atoms with Crippen molar-refractivity contribution < 1.29 is 0 Å². The van der Waals surface area contributed by atoms with Gasteiger partial charge in [0.25, 0.3) is 0 Å². The van der Waals surface area contributed by atoms with Crippen LogP contribution in [-0.4, -0.2) is 0 Å². The summed E-state index contributed by atoms with van der Waals surface area (Å²) in [6.07, 6.45) is 2.12. The summed E-state index contributed by atoms with van der Waals surface area (Å²) in [7, 11) is 0. The van der Waals surface area contributed by atoms with Gasteiger partial charge in [0.2, 0.25) is 0 Å². The lowest BCUT2D eigenvalue weighted by atomic mass is 10.00. The Balaban J connectivity index is 2.33. The Morgan fingerprint density at radius 3 is 2.71 bits per heavy atom. The molecule has 0 aliphatic carbocycles. The van der Waals surface area contributed by atoms with E-state index < -0.39 is 0 Å². The van der Waals surface area contributed by atoms with E-state index in [1.54, 1.807) is 11.3 Å². The molecular weight excluding hydrogens is 226 g/mol. The molecule has 2 heteroatoms. The lowest BCUT2D eigenvalue weighted by molar-refractivity contribution is 0.870. The summed E-state index contributed by atoms with van der Waals surface area (Å²) in [6, 6.07) is 10.8. The molecule has 90 valence electrons. The van der Waals surface area contributed by atoms with Crippen molar-refractivity contribution in [3.8, 4) is 0 Å². The fraction of sp³-hybridized carbons (Fsp3) is 0.333. The topological polar surface area (TPSA) is 26.0 Å². The minimum Gasteiger partial charge on any atom is -0.320 e. The van der Waals surface area contributed by atoms with Crippen LogP contribution in [0.4, 0.5) is 0 Å². The molecule has 1 aromatic heterocycles. The molecule has 2 rings (SSSR count). The summed E-state index contributed by atoms with van der Waals surface area (Å²) in [4.78, 5) is 1.31. The lowest BCUT2D eigenvalue weighted by Crippen LogP contribution is -2.12. The SMILES string of the molecule is CCc1cccc(C(N)c2sccc2CC)c1. The highest BCUT2D eigenvalue weighted by Gasteiger charge is 2.13. The summed E-state index contributed by atoms with van der Waals surface area (Å²) >= 11 is 1.77. The second-order valence-corrected chi connectivity index (χ2v) is 5.19. The average Bonchev–Trinajstić information content (AvgIpc) is 2.86. The van der Waals surface area contributed by atoms with Crippen LogP contribution in [0.3, 0.4) is 0 Å². The Labute approximate surface area is 107 Å². The van der Waals surface area contributed by atoms with E-state index in [-0.39, 0.29) is 6.04 Å². The molecule has 0 fully saturated rings. The monoisotopic (exact) mass is 245 g/mol. The largest absolute Gasteiger partial charge is 0.320 e. The number of rotatable bonds is 4. The van der Waals surface area contributed by atoms with Gasteiger partial charge in [-0.1, -0.05) is 38.1 Å². The van der Waals surface area contributed by atoms with E-state index in [1.807, 2.05) is 0 Å². The molecule has 0 amide bonds. The molecule has 0 saturated carbocycles. The third kappa shape index (κ3) is 2.59. The minimum atomic E-state index is 0.0245. The van der Waals surface area contributed by atoms with Gasteiger partial charge in [-0.15, -0.1) is 11.3 Å². The Morgan fingerprint density at radius 1 is 1.18 bits per heavy atom. The van der Waals surface area contributed by atoms with Crippen LogP contribution in [-0.2, 0) is 12.8 Å². The predicted molar refractivity (Wildman–Crippen MR) is 75.5 cm³/mol. The van der Waals surface area contributed by atoms with Gasteiger partial charge in [0.1, 0.15) is 0 Å². The van der Waals surface area contributed by atoms with Crippen molar-refractivity contribution in [3.05, 3.63) is 57.3 Å². The van der Waals surface area contributed by atoms with E-state index in [0.29, 0.717) is 0 Å². The normalized spacial score (nSPS) is 12.6. The van der Waals surface area contributed by atoms with Crippen molar-refractivity contribution in [1.82, 2.24) is 0 Å². The molecule has 17 heavy (non-hydrogen) atoms. The summed E-state index contributed by atoms with van der Waals surface area (Å²) in [5.74, 6) is 0. The van der Waals surface area contributed by atoms with Gasteiger partial charge >= 0.3 is 0 Å². The zero-order valence-electron chi connectivity index (χ0n) is 10.4. The van der Waals surface area contributed by atoms with Gasteiger partial charge in [-0.2, -0.15) is 0 Å². The second-order valence-electron chi connectivity index (χ2n) is 4.24. The molecule has 1 heterocycles. The van der Waals surface area contributed by atoms with E-state index in [4.69, 9.17) is 5.73 Å². The number of benzene rings is 1. The Kier molecular flexibility index (Phi) is 3.97. The summed E-state index contributed by atoms with van der Waals surface area (Å²) in [5.41, 5.74) is 10.3. The van der Waals surface area contributed by atoms with Gasteiger partial charge in [-0.3, -0.25) is 0 Å². The summed E-state index contributed by atoms with van der Waals surface area (Å²) in [5, 5.41) is 2.14. The molecule has 0 radical (unpaired) electrons. The van der Waals surface area contributed by atoms with Crippen LogP contribution in [0.2, 0.25) is 0 Å². The quantitative estimate of drug-likeness (QED) is 0.868. The molecule has 0 aliphatic heterocycles. The first-order valence-electron chi connectivity index (χ1n) is 6.17. The minimum absolute atomic E-state index is 0.0245. The van der Waals surface area contributed by atoms with Gasteiger partial charge in [-0.05, 0) is 41.0 Å². The van der Waals surface area contributed by atoms with Crippen LogP contribution in [0.25, 0.3) is 0 Å². The van der Waals surface area contributed by atoms with Gasteiger partial charge in [0.05, 0.1) is 6.04 Å². The molecule has 1 aromatic carbocycles. The zero-order chi connectivity index (χ0) is 12.3. The first-order valence-corrected chi connectivity index (χ1v) is 7.04. The fourth-order valence-electron chi connectivity index (χ4n) is 2.07. The Bertz CT molecular complexity index is 487. The van der Waals surface area contributed by atoms with E-state index in [0.717, 1.165) is 12.8 Å². The number of hydrogen-bond donors (Lipinski definition) is 1. The van der Waals surface area contributed by atoms with Crippen LogP contribution < -0.4 is 5.73 Å². The average molecular weight is 245 g/mol. The van der Waals surface area contributed by atoms with Crippen LogP contribution in [0, 0.1) is 0 Å². The maximum Gasteiger partial charge on any atom is 0.0648 e. The van der Waals surface area contributed by atoms with E-state index in [2.05, 4.69) is 49.6 Å². The molecule has 0 spiro atoms. The molecular formula is C15H19NS. The molecule has 0 saturated heterocycles. The van der Waals surface area contributed by atoms with Crippen LogP contribution in [0.1, 0.15) is 41.5 Å². The summed E-state index contributed by atoms with van der Waals surface area (Å²) < 4.78 is 0. The van der Waals surface area contributed by atoms with E-state index in [1.165, 1.54) is 21.6 Å². The highest BCUT2D eigenvalue weighted by Crippen LogP contribution is 2.28. The number of aryl methyl sites for hydroxylation is 2. The smallest absolute Gasteiger partial charge is 0.0648 e. The standard InChI is InChI=1S/C15H19NS/c1-3-11-6-5-7-13(10-11)14(16)15-12(4-2)8-9-17-15/h5-10,14H,3-4,16H2,1-2H3. The van der Waals surface area contributed by atoms with Crippen molar-refractivity contribution in [2.45, 2.75) is 32.7 Å². The van der Waals surface area contributed by atoms with Crippen molar-refractivity contribution in [3.63, 3.8) is 0 Å². The fourth-order valence-corrected chi connectivity index (χ4v) is 3.10. The van der Waals surface area contributed by atoms with Crippen molar-refractivity contribution in [2.75, 3.05) is 0 Å². The maximum atomic E-state index is 6.37. The number of nitrogens with two attached hydrogens (primary N) is 1. The van der Waals surface area contributed by atoms with Crippen LogP contribution >= 0.6 is 11.3 Å². The van der Waals surface area contributed by atoms with E-state index in [9.17, 15) is 0 Å².